The van der Waals surface area contributed by atoms with Crippen LogP contribution in [0.2, 0.25) is 5.02 Å². The van der Waals surface area contributed by atoms with Crippen molar-refractivity contribution < 1.29 is 14.3 Å². The largest absolute Gasteiger partial charge is 0.478 e. The predicted molar refractivity (Wildman–Crippen MR) is 154 cm³/mol. The van der Waals surface area contributed by atoms with Crippen LogP contribution >= 0.6 is 11.6 Å². The molecule has 1 fully saturated rings. The third-order valence-electron chi connectivity index (χ3n) is 7.15. The van der Waals surface area contributed by atoms with Crippen molar-refractivity contribution in [1.29, 1.82) is 0 Å². The lowest BCUT2D eigenvalue weighted by Gasteiger charge is -2.31. The minimum atomic E-state index is -0.335. The first-order valence-corrected chi connectivity index (χ1v) is 13.5. The van der Waals surface area contributed by atoms with Crippen molar-refractivity contribution in [2.75, 3.05) is 46.9 Å². The first-order valence-electron chi connectivity index (χ1n) is 13.2. The van der Waals surface area contributed by atoms with Crippen LogP contribution in [0.5, 0.6) is 5.75 Å². The summed E-state index contributed by atoms with van der Waals surface area (Å²) in [6.45, 7) is 4.55. The molecule has 0 atom stereocenters. The number of fused-ring (bicyclic) bond motifs is 1. The quantitative estimate of drug-likeness (QED) is 0.350. The van der Waals surface area contributed by atoms with Gasteiger partial charge in [0.25, 0.3) is 23.3 Å². The Labute approximate surface area is 241 Å². The highest BCUT2D eigenvalue weighted by molar-refractivity contribution is 6.31. The number of halogens is 1. The Morgan fingerprint density at radius 3 is 2.59 bits per heavy atom. The number of likely N-dealkylation sites (N-methyl/N-ethyl adjacent to an activating group) is 2. The van der Waals surface area contributed by atoms with Crippen LogP contribution in [0.3, 0.4) is 0 Å². The van der Waals surface area contributed by atoms with Crippen LogP contribution in [0.4, 0.5) is 0 Å². The number of nitrogens with one attached hydrogen (secondary N) is 1. The van der Waals surface area contributed by atoms with E-state index in [1.165, 1.54) is 17.8 Å². The standard InChI is InChI=1S/C28H31ClN8O4/c1-17-11-22(26(39)36-9-7-34(3)8-10-36)33-37(17)28-31-15-20(29)21(32-28)13-18-5-6-23-19(12-18)14-24(27(40)35(23)4)41-16-25(38)30-2/h5-6,11-12,14-15H,7-10,13,16H2,1-4H3,(H,30,38). The van der Waals surface area contributed by atoms with Crippen molar-refractivity contribution in [3.8, 4) is 11.7 Å². The number of ether oxygens (including phenoxy) is 1. The van der Waals surface area contributed by atoms with E-state index in [1.54, 1.807) is 23.9 Å². The number of aromatic nitrogens is 5. The number of aryl methyl sites for hydroxylation is 2. The van der Waals surface area contributed by atoms with Crippen LogP contribution in [0.1, 0.15) is 27.4 Å². The van der Waals surface area contributed by atoms with E-state index in [1.807, 2.05) is 37.1 Å². The van der Waals surface area contributed by atoms with Crippen molar-refractivity contribution in [2.24, 2.45) is 7.05 Å². The van der Waals surface area contributed by atoms with Gasteiger partial charge in [-0.25, -0.2) is 14.6 Å². The predicted octanol–water partition coefficient (Wildman–Crippen LogP) is 1.58. The van der Waals surface area contributed by atoms with E-state index in [9.17, 15) is 14.4 Å². The minimum Gasteiger partial charge on any atom is -0.478 e. The second-order valence-corrected chi connectivity index (χ2v) is 10.5. The lowest BCUT2D eigenvalue weighted by atomic mass is 10.1. The van der Waals surface area contributed by atoms with Crippen LogP contribution in [-0.4, -0.2) is 92.8 Å². The molecule has 1 aromatic carbocycles. The summed E-state index contributed by atoms with van der Waals surface area (Å²) in [6, 6.07) is 9.04. The molecule has 4 heterocycles. The molecule has 0 unspecified atom stereocenters. The van der Waals surface area contributed by atoms with E-state index >= 15 is 0 Å². The molecule has 41 heavy (non-hydrogen) atoms. The molecule has 0 bridgehead atoms. The normalized spacial score (nSPS) is 13.9. The molecule has 3 aromatic heterocycles. The van der Waals surface area contributed by atoms with Crippen LogP contribution in [0.15, 0.2) is 41.3 Å². The molecule has 2 amide bonds. The van der Waals surface area contributed by atoms with Gasteiger partial charge in [0.05, 0.1) is 22.4 Å². The number of amides is 2. The van der Waals surface area contributed by atoms with Crippen LogP contribution in [-0.2, 0) is 18.3 Å². The molecule has 1 aliphatic rings. The number of carbonyl (C=O) groups excluding carboxylic acids is 2. The minimum absolute atomic E-state index is 0.0826. The van der Waals surface area contributed by atoms with E-state index in [2.05, 4.69) is 25.3 Å². The van der Waals surface area contributed by atoms with Crippen molar-refractivity contribution in [2.45, 2.75) is 13.3 Å². The highest BCUT2D eigenvalue weighted by Crippen LogP contribution is 2.23. The highest BCUT2D eigenvalue weighted by Gasteiger charge is 2.24. The van der Waals surface area contributed by atoms with Gasteiger partial charge in [0.2, 0.25) is 0 Å². The Morgan fingerprint density at radius 1 is 1.10 bits per heavy atom. The van der Waals surface area contributed by atoms with Crippen LogP contribution in [0.25, 0.3) is 16.9 Å². The topological polar surface area (TPSA) is 127 Å². The van der Waals surface area contributed by atoms with Gasteiger partial charge in [-0.3, -0.25) is 14.4 Å². The number of nitrogens with zero attached hydrogens (tertiary/aromatic N) is 7. The van der Waals surface area contributed by atoms with Gasteiger partial charge in [-0.2, -0.15) is 5.10 Å². The first-order chi connectivity index (χ1) is 19.6. The van der Waals surface area contributed by atoms with Crippen molar-refractivity contribution in [3.05, 3.63) is 74.6 Å². The molecule has 5 rings (SSSR count). The average Bonchev–Trinajstić information content (AvgIpc) is 3.36. The summed E-state index contributed by atoms with van der Waals surface area (Å²) >= 11 is 6.49. The molecule has 13 heteroatoms. The summed E-state index contributed by atoms with van der Waals surface area (Å²) in [5, 5.41) is 8.15. The van der Waals surface area contributed by atoms with Gasteiger partial charge in [-0.15, -0.1) is 0 Å². The molecule has 1 saturated heterocycles. The maximum absolute atomic E-state index is 13.1. The molecule has 1 aliphatic heterocycles. The van der Waals surface area contributed by atoms with Crippen molar-refractivity contribution in [3.63, 3.8) is 0 Å². The lowest BCUT2D eigenvalue weighted by Crippen LogP contribution is -2.47. The second-order valence-electron chi connectivity index (χ2n) is 10.0. The van der Waals surface area contributed by atoms with Gasteiger partial charge in [0, 0.05) is 57.8 Å². The molecule has 0 saturated carbocycles. The summed E-state index contributed by atoms with van der Waals surface area (Å²) in [7, 11) is 5.19. The third-order valence-corrected chi connectivity index (χ3v) is 7.47. The number of carbonyl (C=O) groups is 2. The molecule has 4 aromatic rings. The number of piperazine rings is 1. The summed E-state index contributed by atoms with van der Waals surface area (Å²) in [4.78, 5) is 50.4. The highest BCUT2D eigenvalue weighted by atomic mass is 35.5. The van der Waals surface area contributed by atoms with Gasteiger partial charge in [-0.05, 0) is 43.8 Å². The van der Waals surface area contributed by atoms with Gasteiger partial charge in [-0.1, -0.05) is 17.7 Å². The number of hydrogen-bond acceptors (Lipinski definition) is 8. The number of hydrogen-bond donors (Lipinski definition) is 1. The average molecular weight is 579 g/mol. The molecular formula is C28H31ClN8O4. The summed E-state index contributed by atoms with van der Waals surface area (Å²) in [5.41, 5.74) is 2.93. The van der Waals surface area contributed by atoms with E-state index in [0.29, 0.717) is 47.4 Å². The lowest BCUT2D eigenvalue weighted by molar-refractivity contribution is -0.122. The Kier molecular flexibility index (Phi) is 8.04. The fraction of sp³-hybridized carbons (Fsp3) is 0.357. The summed E-state index contributed by atoms with van der Waals surface area (Å²) in [6.07, 6.45) is 1.91. The van der Waals surface area contributed by atoms with E-state index in [0.717, 1.165) is 29.7 Å². The summed E-state index contributed by atoms with van der Waals surface area (Å²) in [5.74, 6) is -0.0525. The van der Waals surface area contributed by atoms with Gasteiger partial charge >= 0.3 is 0 Å². The number of benzene rings is 1. The Bertz CT molecular complexity index is 1690. The van der Waals surface area contributed by atoms with Gasteiger partial charge < -0.3 is 24.4 Å². The van der Waals surface area contributed by atoms with Crippen LogP contribution < -0.4 is 15.6 Å². The van der Waals surface area contributed by atoms with Crippen LogP contribution in [0, 0.1) is 6.92 Å². The molecule has 0 spiro atoms. The van der Waals surface area contributed by atoms with Crippen molar-refractivity contribution >= 4 is 34.3 Å². The van der Waals surface area contributed by atoms with E-state index in [4.69, 9.17) is 16.3 Å². The Morgan fingerprint density at radius 2 is 1.85 bits per heavy atom. The van der Waals surface area contributed by atoms with Gasteiger partial charge in [0.15, 0.2) is 18.1 Å². The molecule has 0 aliphatic carbocycles. The van der Waals surface area contributed by atoms with Gasteiger partial charge in [0.1, 0.15) is 0 Å². The maximum atomic E-state index is 13.1. The second kappa shape index (κ2) is 11.7. The van der Waals surface area contributed by atoms with E-state index < -0.39 is 0 Å². The fourth-order valence-electron chi connectivity index (χ4n) is 4.70. The van der Waals surface area contributed by atoms with E-state index in [-0.39, 0.29) is 29.7 Å². The molecule has 1 N–H and O–H groups in total. The third kappa shape index (κ3) is 5.93. The number of pyridine rings is 1. The summed E-state index contributed by atoms with van der Waals surface area (Å²) < 4.78 is 8.50. The monoisotopic (exact) mass is 578 g/mol. The fourth-order valence-corrected chi connectivity index (χ4v) is 4.85. The maximum Gasteiger partial charge on any atom is 0.293 e. The Hall–Kier alpha value is -4.29. The smallest absolute Gasteiger partial charge is 0.293 e. The SMILES string of the molecule is CNC(=O)COc1cc2cc(Cc3nc(-n4nc(C(=O)N5CCN(C)CC5)cc4C)ncc3Cl)ccc2n(C)c1=O. The zero-order valence-electron chi connectivity index (χ0n) is 23.3. The first kappa shape index (κ1) is 28.2. The zero-order valence-corrected chi connectivity index (χ0v) is 24.1. The number of rotatable bonds is 7. The molecule has 214 valence electrons. The Balaban J connectivity index is 1.40. The zero-order chi connectivity index (χ0) is 29.3. The molecule has 12 nitrogen and oxygen atoms in total. The van der Waals surface area contributed by atoms with Crippen molar-refractivity contribution in [1.82, 2.24) is 39.4 Å². The molecule has 0 radical (unpaired) electrons. The molecular weight excluding hydrogens is 548 g/mol.